The first kappa shape index (κ1) is 11.1. The molecule has 0 aromatic rings. The first-order chi connectivity index (χ1) is 3.00. The maximum absolute atomic E-state index is 2.19. The molecule has 0 saturated carbocycles. The van der Waals surface area contributed by atoms with Gasteiger partial charge in [0.15, 0.2) is 0 Å². The van der Waals surface area contributed by atoms with Crippen molar-refractivity contribution in [3.63, 3.8) is 0 Å². The molecule has 0 N–H and O–H groups in total. The Morgan fingerprint density at radius 2 is 1.00 bits per heavy atom. The van der Waals surface area contributed by atoms with Gasteiger partial charge in [0, 0.05) is 0 Å². The van der Waals surface area contributed by atoms with Gasteiger partial charge >= 0.3 is 65.9 Å². The number of hydrogen-bond acceptors (Lipinski definition) is 0. The summed E-state index contributed by atoms with van der Waals surface area (Å²) in [6.45, 7) is 6.56. The Morgan fingerprint density at radius 3 is 1.00 bits per heavy atom. The van der Waals surface area contributed by atoms with Gasteiger partial charge in [-0.2, -0.15) is 0 Å². The Labute approximate surface area is 65.8 Å². The van der Waals surface area contributed by atoms with Crippen LogP contribution in [-0.4, -0.2) is 35.4 Å². The van der Waals surface area contributed by atoms with E-state index in [0.717, 1.165) is 0 Å². The van der Waals surface area contributed by atoms with Gasteiger partial charge in [-0.15, -0.1) is 0 Å². The van der Waals surface area contributed by atoms with Crippen molar-refractivity contribution in [3.05, 3.63) is 0 Å². The van der Waals surface area contributed by atoms with E-state index in [9.17, 15) is 0 Å². The fourth-order valence-corrected chi connectivity index (χ4v) is 0. The van der Waals surface area contributed by atoms with Gasteiger partial charge < -0.3 is 0 Å². The fourth-order valence-electron chi connectivity index (χ4n) is 0. The molecule has 0 aromatic heterocycles. The fraction of sp³-hybridized carbons (Fsp3) is 1.00. The predicted octanol–water partition coefficient (Wildman–Crippen LogP) is 1.58. The Bertz CT molecular complexity index is 21.6. The van der Waals surface area contributed by atoms with Gasteiger partial charge in [0.2, 0.25) is 0 Å². The van der Waals surface area contributed by atoms with E-state index in [1.54, 1.807) is 0 Å². The van der Waals surface area contributed by atoms with Gasteiger partial charge in [0.25, 0.3) is 0 Å². The van der Waals surface area contributed by atoms with Gasteiger partial charge in [-0.25, -0.2) is 0 Å². The molecule has 0 radical (unpaired) electrons. The molecule has 0 bridgehead atoms. The van der Waals surface area contributed by atoms with Gasteiger partial charge in [0.1, 0.15) is 0 Å². The van der Waals surface area contributed by atoms with Gasteiger partial charge in [-0.1, -0.05) is 0 Å². The van der Waals surface area contributed by atoms with Crippen molar-refractivity contribution in [2.45, 2.75) is 30.5 Å². The molecule has 0 amide bonds. The van der Waals surface area contributed by atoms with Crippen LogP contribution in [0.15, 0.2) is 0 Å². The molecule has 0 nitrogen and oxygen atoms in total. The summed E-state index contributed by atoms with van der Waals surface area (Å²) < 4.78 is 0.500. The molecule has 0 aliphatic carbocycles. The van der Waals surface area contributed by atoms with Crippen molar-refractivity contribution < 1.29 is 0 Å². The monoisotopic (exact) mass is 86.1 g/mol. The van der Waals surface area contributed by atoms with Crippen LogP contribution in [0.2, 0.25) is 9.68 Å². The van der Waals surface area contributed by atoms with E-state index < -0.39 is 0 Å². The average molecular weight is 86.0 g/mol. The third-order valence-electron chi connectivity index (χ3n) is 0. The van der Waals surface area contributed by atoms with Crippen molar-refractivity contribution in [1.82, 2.24) is 0 Å². The Morgan fingerprint density at radius 1 is 1.00 bits per heavy atom. The van der Waals surface area contributed by atoms with Gasteiger partial charge in [-0.05, 0) is 0 Å². The Balaban J connectivity index is 0. The first-order valence-electron chi connectivity index (χ1n) is 3.00. The summed E-state index contributed by atoms with van der Waals surface area (Å²) in [5.74, 6) is 0. The molecule has 0 aliphatic rings. The molecule has 0 aliphatic heterocycles. The van der Waals surface area contributed by atoms with E-state index in [-0.39, 0.29) is 0 Å². The molecule has 0 rings (SSSR count). The van der Waals surface area contributed by atoms with E-state index in [1.807, 2.05) is 23.3 Å². The minimum atomic E-state index is 0.500. The van der Waals surface area contributed by atoms with Crippen molar-refractivity contribution in [2.24, 2.45) is 0 Å². The normalized spacial score (nSPS) is 9.71. The summed E-state index contributed by atoms with van der Waals surface area (Å²) in [5.41, 5.74) is 2.00. The van der Waals surface area contributed by atoms with Crippen LogP contribution >= 0.6 is 0 Å². The van der Waals surface area contributed by atoms with E-state index in [4.69, 9.17) is 0 Å². The van der Waals surface area contributed by atoms with Crippen LogP contribution in [0, 0.1) is 0 Å². The second-order valence-electron chi connectivity index (χ2n) is 3.00. The average Bonchev–Trinajstić information content (AvgIpc) is 1.36. The zero-order valence-electron chi connectivity index (χ0n) is 6.50. The van der Waals surface area contributed by atoms with Crippen molar-refractivity contribution in [3.8, 4) is 0 Å². The third kappa shape index (κ3) is 136. The molecular formula is C5H12Li2. The molecule has 0 aromatic carbocycles. The first-order valence-corrected chi connectivity index (χ1v) is 3.00. The molecule has 7 heavy (non-hydrogen) atoms. The maximum atomic E-state index is 2.19. The molecule has 0 unspecified atom stereocenters. The molecule has 0 heterocycles. The second-order valence-corrected chi connectivity index (χ2v) is 3.00. The van der Waals surface area contributed by atoms with Crippen molar-refractivity contribution in [1.29, 1.82) is 0 Å². The van der Waals surface area contributed by atoms with Crippen molar-refractivity contribution in [2.75, 3.05) is 0 Å². The number of hydrogen-bond donors (Lipinski definition) is 0. The van der Waals surface area contributed by atoms with Crippen LogP contribution in [0.4, 0.5) is 0 Å². The Kier molecular flexibility index (Phi) is 8.42. The summed E-state index contributed by atoms with van der Waals surface area (Å²) in [6, 6.07) is 0. The van der Waals surface area contributed by atoms with Crippen LogP contribution in [0.25, 0.3) is 0 Å². The summed E-state index contributed by atoms with van der Waals surface area (Å²) in [6.07, 6.45) is 0. The third-order valence-corrected chi connectivity index (χ3v) is 0. The van der Waals surface area contributed by atoms with E-state index in [2.05, 4.69) is 38.5 Å². The minimum absolute atomic E-state index is 0.500. The summed E-state index contributed by atoms with van der Waals surface area (Å²) in [5, 5.41) is 0. The van der Waals surface area contributed by atoms with E-state index in [1.165, 1.54) is 0 Å². The predicted molar refractivity (Wildman–Crippen MR) is 37.1 cm³/mol. The molecule has 0 atom stereocenters. The number of rotatable bonds is 0. The SMILES string of the molecule is [Li][CH3].[Li][C](C)(C)C. The standard InChI is InChI=1S/C4H9.CH3.2Li/c1-4(2)3;;;/h1-3H3;1H3;;. The van der Waals surface area contributed by atoms with E-state index in [0.29, 0.717) is 4.09 Å². The van der Waals surface area contributed by atoms with Crippen LogP contribution < -0.4 is 0 Å². The molecule has 0 fully saturated rings. The zero-order valence-corrected chi connectivity index (χ0v) is 6.50. The molecule has 2 heteroatoms. The summed E-state index contributed by atoms with van der Waals surface area (Å²) >= 11 is 4.19. The van der Waals surface area contributed by atoms with Gasteiger partial charge in [0.05, 0.1) is 0 Å². The summed E-state index contributed by atoms with van der Waals surface area (Å²) in [7, 11) is 0. The molecular weight excluding hydrogens is 73.9 g/mol. The van der Waals surface area contributed by atoms with Crippen LogP contribution in [-0.2, 0) is 0 Å². The van der Waals surface area contributed by atoms with Crippen LogP contribution in [0.1, 0.15) is 20.8 Å². The Hall–Kier alpha value is 1.19. The summed E-state index contributed by atoms with van der Waals surface area (Å²) in [4.78, 5) is 0. The van der Waals surface area contributed by atoms with E-state index >= 15 is 0 Å². The van der Waals surface area contributed by atoms with Crippen molar-refractivity contribution >= 4 is 35.4 Å². The molecule has 0 saturated heterocycles. The van der Waals surface area contributed by atoms with Crippen LogP contribution in [0.5, 0.6) is 0 Å². The quantitative estimate of drug-likeness (QED) is 0.392. The van der Waals surface area contributed by atoms with Crippen LogP contribution in [0.3, 0.4) is 0 Å². The topological polar surface area (TPSA) is 0 Å². The molecule has 34 valence electrons. The zero-order chi connectivity index (χ0) is 6.50. The second kappa shape index (κ2) is 5.33. The molecule has 0 spiro atoms. The van der Waals surface area contributed by atoms with Gasteiger partial charge in [-0.3, -0.25) is 0 Å².